The quantitative estimate of drug-likeness (QED) is 0.799. The lowest BCUT2D eigenvalue weighted by Gasteiger charge is -2.11. The summed E-state index contributed by atoms with van der Waals surface area (Å²) >= 11 is 9.90. The summed E-state index contributed by atoms with van der Waals surface area (Å²) in [5.74, 6) is -1.18. The number of carbonyl (C=O) groups is 1. The highest BCUT2D eigenvalue weighted by molar-refractivity contribution is 9.11. The smallest absolute Gasteiger partial charge is 0.345 e. The minimum atomic E-state index is -3.94. The molecule has 9 heteroatoms. The fraction of sp³-hybridized carbons (Fsp3) is 0.0833. The molecule has 0 atom stereocenters. The lowest BCUT2D eigenvalue weighted by molar-refractivity contribution is 0.0702. The van der Waals surface area contributed by atoms with Gasteiger partial charge in [-0.3, -0.25) is 4.72 Å². The number of benzene rings is 1. The average Bonchev–Trinajstić information content (AvgIpc) is 2.77. The Kier molecular flexibility index (Phi) is 4.62. The molecule has 21 heavy (non-hydrogen) atoms. The number of carboxylic acids is 1. The Bertz CT molecular complexity index is 796. The fourth-order valence-corrected chi connectivity index (χ4v) is 5.47. The van der Waals surface area contributed by atoms with Crippen LogP contribution in [0.5, 0.6) is 0 Å². The Balaban J connectivity index is 2.46. The molecule has 0 aliphatic heterocycles. The van der Waals surface area contributed by atoms with Crippen LogP contribution in [0.1, 0.15) is 15.2 Å². The summed E-state index contributed by atoms with van der Waals surface area (Å²) in [7, 11) is -3.94. The van der Waals surface area contributed by atoms with E-state index in [1.54, 1.807) is 25.1 Å². The molecule has 1 aromatic carbocycles. The first kappa shape index (κ1) is 16.3. The molecule has 0 fully saturated rings. The summed E-state index contributed by atoms with van der Waals surface area (Å²) < 4.78 is 27.4. The molecular formula is C12H9BrClNO4S2. The van der Waals surface area contributed by atoms with E-state index in [2.05, 4.69) is 20.7 Å². The molecule has 0 unspecified atom stereocenters. The monoisotopic (exact) mass is 409 g/mol. The van der Waals surface area contributed by atoms with Crippen molar-refractivity contribution < 1.29 is 18.3 Å². The highest BCUT2D eigenvalue weighted by atomic mass is 79.9. The van der Waals surface area contributed by atoms with E-state index in [1.165, 1.54) is 0 Å². The van der Waals surface area contributed by atoms with Gasteiger partial charge in [-0.1, -0.05) is 23.7 Å². The molecule has 2 rings (SSSR count). The number of rotatable bonds is 4. The van der Waals surface area contributed by atoms with Crippen LogP contribution in [-0.2, 0) is 10.0 Å². The molecule has 0 saturated carbocycles. The lowest BCUT2D eigenvalue weighted by atomic mass is 10.2. The molecule has 1 heterocycles. The second-order valence-electron chi connectivity index (χ2n) is 4.09. The molecule has 2 aromatic rings. The SMILES string of the molecule is Cc1cccc(Cl)c1NS(=O)(=O)c1cc(C(=O)O)sc1Br. The number of thiophene rings is 1. The largest absolute Gasteiger partial charge is 0.477 e. The molecule has 5 nitrogen and oxygen atoms in total. The van der Waals surface area contributed by atoms with Crippen molar-refractivity contribution in [2.24, 2.45) is 0 Å². The molecule has 2 N–H and O–H groups in total. The van der Waals surface area contributed by atoms with Crippen LogP contribution >= 0.6 is 38.9 Å². The van der Waals surface area contributed by atoms with Crippen LogP contribution in [0, 0.1) is 6.92 Å². The van der Waals surface area contributed by atoms with Crippen LogP contribution in [0.25, 0.3) is 0 Å². The molecule has 0 radical (unpaired) electrons. The maximum absolute atomic E-state index is 12.4. The average molecular weight is 411 g/mol. The van der Waals surface area contributed by atoms with Crippen LogP contribution in [-0.4, -0.2) is 19.5 Å². The van der Waals surface area contributed by atoms with E-state index >= 15 is 0 Å². The third kappa shape index (κ3) is 3.39. The summed E-state index contributed by atoms with van der Waals surface area (Å²) in [6.07, 6.45) is 0. The first-order valence-corrected chi connectivity index (χ1v) is 9.00. The Morgan fingerprint density at radius 2 is 2.10 bits per heavy atom. The molecule has 0 bridgehead atoms. The Morgan fingerprint density at radius 1 is 1.43 bits per heavy atom. The zero-order chi connectivity index (χ0) is 15.8. The number of aryl methyl sites for hydroxylation is 1. The van der Waals surface area contributed by atoms with Gasteiger partial charge in [0.2, 0.25) is 0 Å². The molecular weight excluding hydrogens is 402 g/mol. The van der Waals surface area contributed by atoms with Crippen molar-refractivity contribution in [3.05, 3.63) is 43.5 Å². The van der Waals surface area contributed by atoms with E-state index in [9.17, 15) is 13.2 Å². The second kappa shape index (κ2) is 5.96. The molecule has 0 spiro atoms. The predicted octanol–water partition coefficient (Wildman–Crippen LogP) is 3.97. The van der Waals surface area contributed by atoms with Crippen molar-refractivity contribution in [2.75, 3.05) is 4.72 Å². The standard InChI is InChI=1S/C12H9BrClNO4S2/c1-6-3-2-4-7(14)10(6)15-21(18,19)9-5-8(12(16)17)20-11(9)13/h2-5,15H,1H3,(H,16,17). The van der Waals surface area contributed by atoms with Gasteiger partial charge in [-0.2, -0.15) is 0 Å². The Labute approximate surface area is 138 Å². The minimum absolute atomic E-state index is 0.0712. The third-order valence-electron chi connectivity index (χ3n) is 2.61. The van der Waals surface area contributed by atoms with Crippen LogP contribution < -0.4 is 4.72 Å². The highest BCUT2D eigenvalue weighted by Crippen LogP contribution is 2.34. The van der Waals surface area contributed by atoms with Crippen LogP contribution in [0.15, 0.2) is 32.9 Å². The van der Waals surface area contributed by atoms with Gasteiger partial charge in [0.05, 0.1) is 14.5 Å². The molecule has 0 aliphatic carbocycles. The van der Waals surface area contributed by atoms with E-state index in [0.717, 1.165) is 17.4 Å². The van der Waals surface area contributed by atoms with Crippen molar-refractivity contribution in [3.8, 4) is 0 Å². The lowest BCUT2D eigenvalue weighted by Crippen LogP contribution is -2.14. The maximum atomic E-state index is 12.4. The topological polar surface area (TPSA) is 83.5 Å². The van der Waals surface area contributed by atoms with Gasteiger partial charge in [-0.05, 0) is 40.5 Å². The minimum Gasteiger partial charge on any atom is -0.477 e. The zero-order valence-electron chi connectivity index (χ0n) is 10.6. The molecule has 0 aliphatic rings. The van der Waals surface area contributed by atoms with Gasteiger partial charge in [-0.25, -0.2) is 13.2 Å². The number of anilines is 1. The fourth-order valence-electron chi connectivity index (χ4n) is 1.59. The van der Waals surface area contributed by atoms with Crippen molar-refractivity contribution in [1.29, 1.82) is 0 Å². The summed E-state index contributed by atoms with van der Waals surface area (Å²) in [5, 5.41) is 9.19. The normalized spacial score (nSPS) is 11.4. The Morgan fingerprint density at radius 3 is 2.62 bits per heavy atom. The van der Waals surface area contributed by atoms with Gasteiger partial charge in [0, 0.05) is 0 Å². The van der Waals surface area contributed by atoms with Crippen LogP contribution in [0.2, 0.25) is 5.02 Å². The van der Waals surface area contributed by atoms with E-state index in [0.29, 0.717) is 5.56 Å². The van der Waals surface area contributed by atoms with Gasteiger partial charge >= 0.3 is 5.97 Å². The molecule has 0 saturated heterocycles. The zero-order valence-corrected chi connectivity index (χ0v) is 14.5. The van der Waals surface area contributed by atoms with E-state index < -0.39 is 16.0 Å². The van der Waals surface area contributed by atoms with Crippen LogP contribution in [0.4, 0.5) is 5.69 Å². The number of sulfonamides is 1. The third-order valence-corrected chi connectivity index (χ3v) is 6.52. The predicted molar refractivity (Wildman–Crippen MR) is 86.0 cm³/mol. The molecule has 0 amide bonds. The maximum Gasteiger partial charge on any atom is 0.345 e. The van der Waals surface area contributed by atoms with Gasteiger partial charge in [0.1, 0.15) is 9.77 Å². The molecule has 1 aromatic heterocycles. The number of carboxylic acid groups (broad SMARTS) is 1. The van der Waals surface area contributed by atoms with Gasteiger partial charge in [0.15, 0.2) is 0 Å². The van der Waals surface area contributed by atoms with E-state index in [4.69, 9.17) is 16.7 Å². The summed E-state index contributed by atoms with van der Waals surface area (Å²) in [6.45, 7) is 1.72. The van der Waals surface area contributed by atoms with E-state index in [-0.39, 0.29) is 24.3 Å². The first-order valence-electron chi connectivity index (χ1n) is 5.53. The van der Waals surface area contributed by atoms with Gasteiger partial charge in [0.25, 0.3) is 10.0 Å². The molecule has 112 valence electrons. The van der Waals surface area contributed by atoms with Crippen molar-refractivity contribution >= 4 is 60.5 Å². The summed E-state index contributed by atoms with van der Waals surface area (Å²) in [4.78, 5) is 10.7. The van der Waals surface area contributed by atoms with Crippen molar-refractivity contribution in [1.82, 2.24) is 0 Å². The van der Waals surface area contributed by atoms with Gasteiger partial charge < -0.3 is 5.11 Å². The van der Waals surface area contributed by atoms with Gasteiger partial charge in [-0.15, -0.1) is 11.3 Å². The number of hydrogen-bond acceptors (Lipinski definition) is 4. The van der Waals surface area contributed by atoms with Crippen LogP contribution in [0.3, 0.4) is 0 Å². The number of hydrogen-bond donors (Lipinski definition) is 2. The second-order valence-corrected chi connectivity index (χ2v) is 8.52. The first-order chi connectivity index (χ1) is 9.72. The number of halogens is 2. The van der Waals surface area contributed by atoms with Crippen molar-refractivity contribution in [2.45, 2.75) is 11.8 Å². The Hall–Kier alpha value is -1.09. The number of para-hydroxylation sites is 1. The summed E-state index contributed by atoms with van der Waals surface area (Å²) in [5.41, 5.74) is 0.935. The van der Waals surface area contributed by atoms with Crippen molar-refractivity contribution in [3.63, 3.8) is 0 Å². The summed E-state index contributed by atoms with van der Waals surface area (Å²) in [6, 6.07) is 6.09. The number of aromatic carboxylic acids is 1. The van der Waals surface area contributed by atoms with E-state index in [1.807, 2.05) is 0 Å². The highest BCUT2D eigenvalue weighted by Gasteiger charge is 2.24. The number of nitrogens with one attached hydrogen (secondary N) is 1.